The molecule has 2 aromatic carbocycles. The molecule has 0 bridgehead atoms. The van der Waals surface area contributed by atoms with Crippen LogP contribution in [-0.4, -0.2) is 49.7 Å². The molecule has 0 aliphatic carbocycles. The van der Waals surface area contributed by atoms with Crippen molar-refractivity contribution in [2.45, 2.75) is 19.1 Å². The molecule has 1 saturated heterocycles. The van der Waals surface area contributed by atoms with E-state index in [9.17, 15) is 9.59 Å². The van der Waals surface area contributed by atoms with Crippen LogP contribution in [0, 0.1) is 5.92 Å². The minimum Gasteiger partial charge on any atom is -0.497 e. The Morgan fingerprint density at radius 2 is 2.03 bits per heavy atom. The number of nitrogens with zero attached hydrogens (tertiary/aromatic N) is 2. The quantitative estimate of drug-likeness (QED) is 0.533. The van der Waals surface area contributed by atoms with Crippen LogP contribution in [0.1, 0.15) is 18.5 Å². The second kappa shape index (κ2) is 10.6. The molecular formula is C23H26ClN5O4S. The van der Waals surface area contributed by atoms with E-state index in [1.165, 1.54) is 23.8 Å². The molecule has 3 unspecified atom stereocenters. The van der Waals surface area contributed by atoms with E-state index in [-0.39, 0.29) is 35.7 Å². The first-order chi connectivity index (χ1) is 16.4. The third-order valence-electron chi connectivity index (χ3n) is 5.65. The van der Waals surface area contributed by atoms with Gasteiger partial charge in [0.2, 0.25) is 11.8 Å². The van der Waals surface area contributed by atoms with Gasteiger partial charge in [0.15, 0.2) is 5.17 Å². The second-order valence-electron chi connectivity index (χ2n) is 7.83. The van der Waals surface area contributed by atoms with E-state index in [2.05, 4.69) is 16.2 Å². The molecule has 9 nitrogen and oxygen atoms in total. The standard InChI is InChI=1S/C23H26ClN5O4S/c1-13(14-4-7-16(32-2)8-5-14)26-20(30)12-34-23-27-21-17(11-25-28-21)22(31)29(23)15-6-9-19(33-3)18(24)10-15/h4-10,13,17,21,25,28H,11-12H2,1-3H3,(H,26,30). The van der Waals surface area contributed by atoms with Crippen molar-refractivity contribution in [1.29, 1.82) is 0 Å². The molecule has 2 aromatic rings. The average molecular weight is 504 g/mol. The van der Waals surface area contributed by atoms with Gasteiger partial charge in [-0.1, -0.05) is 35.5 Å². The summed E-state index contributed by atoms with van der Waals surface area (Å²) in [5.74, 6) is 0.718. The third-order valence-corrected chi connectivity index (χ3v) is 6.90. The molecule has 0 aromatic heterocycles. The number of anilines is 1. The van der Waals surface area contributed by atoms with Crippen LogP contribution < -0.4 is 30.5 Å². The highest BCUT2D eigenvalue weighted by Gasteiger charge is 2.42. The molecule has 0 spiro atoms. The van der Waals surface area contributed by atoms with Gasteiger partial charge < -0.3 is 14.8 Å². The number of aliphatic imine (C=N–C) groups is 1. The monoisotopic (exact) mass is 503 g/mol. The van der Waals surface area contributed by atoms with Crippen molar-refractivity contribution in [3.05, 3.63) is 53.1 Å². The topological polar surface area (TPSA) is 104 Å². The van der Waals surface area contributed by atoms with E-state index < -0.39 is 0 Å². The normalized spacial score (nSPS) is 20.4. The largest absolute Gasteiger partial charge is 0.497 e. The number of methoxy groups -OCH3 is 2. The van der Waals surface area contributed by atoms with Crippen molar-refractivity contribution in [2.24, 2.45) is 10.9 Å². The van der Waals surface area contributed by atoms with Crippen molar-refractivity contribution < 1.29 is 19.1 Å². The molecule has 4 rings (SSSR count). The summed E-state index contributed by atoms with van der Waals surface area (Å²) in [6.07, 6.45) is -0.388. The van der Waals surface area contributed by atoms with Gasteiger partial charge in [0.1, 0.15) is 17.7 Å². The number of hydrogen-bond donors (Lipinski definition) is 3. The Labute approximate surface area is 207 Å². The van der Waals surface area contributed by atoms with Crippen LogP contribution in [0.3, 0.4) is 0 Å². The number of benzene rings is 2. The molecule has 2 aliphatic heterocycles. The number of carbonyl (C=O) groups excluding carboxylic acids is 2. The third kappa shape index (κ3) is 5.15. The van der Waals surface area contributed by atoms with Crippen LogP contribution in [0.15, 0.2) is 47.5 Å². The molecule has 11 heteroatoms. The highest BCUT2D eigenvalue weighted by atomic mass is 35.5. The van der Waals surface area contributed by atoms with Crippen LogP contribution >= 0.6 is 23.4 Å². The Balaban J connectivity index is 1.48. The van der Waals surface area contributed by atoms with E-state index in [0.29, 0.717) is 28.2 Å². The number of ether oxygens (including phenoxy) is 2. The van der Waals surface area contributed by atoms with Gasteiger partial charge in [0.05, 0.1) is 42.6 Å². The van der Waals surface area contributed by atoms with Crippen molar-refractivity contribution in [3.8, 4) is 11.5 Å². The lowest BCUT2D eigenvalue weighted by molar-refractivity contribution is -0.121. The molecule has 2 aliphatic rings. The summed E-state index contributed by atoms with van der Waals surface area (Å²) >= 11 is 7.51. The van der Waals surface area contributed by atoms with Gasteiger partial charge in [-0.15, -0.1) is 0 Å². The maximum atomic E-state index is 13.3. The summed E-state index contributed by atoms with van der Waals surface area (Å²) in [4.78, 5) is 32.2. The highest BCUT2D eigenvalue weighted by Crippen LogP contribution is 2.34. The number of fused-ring (bicyclic) bond motifs is 1. The molecular weight excluding hydrogens is 478 g/mol. The number of hydrogen-bond acceptors (Lipinski definition) is 8. The number of amides is 2. The Morgan fingerprint density at radius 3 is 2.71 bits per heavy atom. The first-order valence-electron chi connectivity index (χ1n) is 10.7. The molecule has 34 heavy (non-hydrogen) atoms. The summed E-state index contributed by atoms with van der Waals surface area (Å²) in [6.45, 7) is 2.38. The zero-order valence-corrected chi connectivity index (χ0v) is 20.6. The molecule has 2 amide bonds. The fraction of sp³-hybridized carbons (Fsp3) is 0.348. The number of halogens is 1. The summed E-state index contributed by atoms with van der Waals surface area (Å²) in [5, 5.41) is 3.79. The van der Waals surface area contributed by atoms with Crippen molar-refractivity contribution >= 4 is 46.0 Å². The lowest BCUT2D eigenvalue weighted by Crippen LogP contribution is -2.49. The van der Waals surface area contributed by atoms with Crippen LogP contribution in [0.2, 0.25) is 5.02 Å². The second-order valence-corrected chi connectivity index (χ2v) is 9.18. The van der Waals surface area contributed by atoms with Crippen LogP contribution in [0.25, 0.3) is 0 Å². The van der Waals surface area contributed by atoms with Crippen LogP contribution in [0.4, 0.5) is 5.69 Å². The Morgan fingerprint density at radius 1 is 1.26 bits per heavy atom. The molecule has 1 fully saturated rings. The molecule has 0 radical (unpaired) electrons. The average Bonchev–Trinajstić information content (AvgIpc) is 3.32. The number of amidine groups is 1. The smallest absolute Gasteiger partial charge is 0.241 e. The zero-order chi connectivity index (χ0) is 24.2. The van der Waals surface area contributed by atoms with E-state index in [1.807, 2.05) is 31.2 Å². The number of hydrazine groups is 1. The predicted octanol–water partition coefficient (Wildman–Crippen LogP) is 2.72. The van der Waals surface area contributed by atoms with E-state index >= 15 is 0 Å². The SMILES string of the molecule is COc1ccc(C(C)NC(=O)CSC2=NC3NNCC3C(=O)N2c2ccc(OC)c(Cl)c2)cc1. The van der Waals surface area contributed by atoms with E-state index in [4.69, 9.17) is 26.1 Å². The lowest BCUT2D eigenvalue weighted by Gasteiger charge is -2.32. The van der Waals surface area contributed by atoms with Gasteiger partial charge in [0.25, 0.3) is 0 Å². The minimum atomic E-state index is -0.388. The lowest BCUT2D eigenvalue weighted by atomic mass is 10.0. The first-order valence-corrected chi connectivity index (χ1v) is 12.1. The van der Waals surface area contributed by atoms with Crippen molar-refractivity contribution in [1.82, 2.24) is 16.2 Å². The van der Waals surface area contributed by atoms with Gasteiger partial charge in [-0.2, -0.15) is 0 Å². The Bertz CT molecular complexity index is 1100. The molecule has 2 heterocycles. The Kier molecular flexibility index (Phi) is 7.62. The maximum Gasteiger partial charge on any atom is 0.241 e. The zero-order valence-electron chi connectivity index (χ0n) is 19.0. The minimum absolute atomic E-state index is 0.0950. The van der Waals surface area contributed by atoms with E-state index in [0.717, 1.165) is 11.3 Å². The summed E-state index contributed by atoms with van der Waals surface area (Å²) in [5.41, 5.74) is 7.53. The van der Waals surface area contributed by atoms with Gasteiger partial charge in [-0.3, -0.25) is 19.9 Å². The number of nitrogens with one attached hydrogen (secondary N) is 3. The highest BCUT2D eigenvalue weighted by molar-refractivity contribution is 8.14. The predicted molar refractivity (Wildman–Crippen MR) is 133 cm³/mol. The summed E-state index contributed by atoms with van der Waals surface area (Å²) < 4.78 is 10.4. The number of carbonyl (C=O) groups is 2. The molecule has 3 N–H and O–H groups in total. The number of rotatable bonds is 7. The van der Waals surface area contributed by atoms with E-state index in [1.54, 1.807) is 25.3 Å². The van der Waals surface area contributed by atoms with Crippen LogP contribution in [0.5, 0.6) is 11.5 Å². The van der Waals surface area contributed by atoms with Crippen LogP contribution in [-0.2, 0) is 9.59 Å². The summed E-state index contributed by atoms with van der Waals surface area (Å²) in [6, 6.07) is 12.5. The van der Waals surface area contributed by atoms with Crippen molar-refractivity contribution in [2.75, 3.05) is 31.4 Å². The molecule has 3 atom stereocenters. The molecule has 180 valence electrons. The van der Waals surface area contributed by atoms with Gasteiger partial charge >= 0.3 is 0 Å². The first kappa shape index (κ1) is 24.3. The van der Waals surface area contributed by atoms with Gasteiger partial charge in [-0.25, -0.2) is 10.4 Å². The summed E-state index contributed by atoms with van der Waals surface area (Å²) in [7, 11) is 3.14. The van der Waals surface area contributed by atoms with Gasteiger partial charge in [-0.05, 0) is 42.8 Å². The number of thioether (sulfide) groups is 1. The fourth-order valence-electron chi connectivity index (χ4n) is 3.79. The van der Waals surface area contributed by atoms with Gasteiger partial charge in [0, 0.05) is 6.54 Å². The molecule has 0 saturated carbocycles. The Hall–Kier alpha value is -2.79. The van der Waals surface area contributed by atoms with Crippen molar-refractivity contribution in [3.63, 3.8) is 0 Å². The maximum absolute atomic E-state index is 13.3. The fourth-order valence-corrected chi connectivity index (χ4v) is 4.90.